The third-order valence-corrected chi connectivity index (χ3v) is 3.32. The molecule has 0 heterocycles. The van der Waals surface area contributed by atoms with Crippen LogP contribution in [0.25, 0.3) is 0 Å². The smallest absolute Gasteiger partial charge is 0.138 e. The first kappa shape index (κ1) is 14.7. The Morgan fingerprint density at radius 2 is 1.65 bits per heavy atom. The molecule has 0 radical (unpaired) electrons. The summed E-state index contributed by atoms with van der Waals surface area (Å²) < 4.78 is 5.90. The first-order valence-corrected chi connectivity index (χ1v) is 6.72. The van der Waals surface area contributed by atoms with E-state index in [1.165, 1.54) is 0 Å². The van der Waals surface area contributed by atoms with Crippen LogP contribution in [-0.2, 0) is 0 Å². The highest BCUT2D eigenvalue weighted by molar-refractivity contribution is 6.31. The molecule has 5 heteroatoms. The average molecular weight is 309 g/mol. The molecule has 0 unspecified atom stereocenters. The topological polar surface area (TPSA) is 59.1 Å². The molecule has 0 amide bonds. The van der Waals surface area contributed by atoms with Crippen molar-refractivity contribution in [3.05, 3.63) is 57.1 Å². The van der Waals surface area contributed by atoms with Gasteiger partial charge in [-0.3, -0.25) is 5.41 Å². The Hall–Kier alpha value is -1.71. The number of nitrogens with two attached hydrogens (primary N) is 1. The van der Waals surface area contributed by atoms with Crippen molar-refractivity contribution in [2.45, 2.75) is 13.8 Å². The summed E-state index contributed by atoms with van der Waals surface area (Å²) in [4.78, 5) is 0. The van der Waals surface area contributed by atoms with Gasteiger partial charge in [-0.25, -0.2) is 0 Å². The fourth-order valence-corrected chi connectivity index (χ4v) is 2.47. The maximum Gasteiger partial charge on any atom is 0.138 e. The highest BCUT2D eigenvalue weighted by atomic mass is 35.5. The van der Waals surface area contributed by atoms with Gasteiger partial charge < -0.3 is 10.5 Å². The van der Waals surface area contributed by atoms with Crippen molar-refractivity contribution in [2.24, 2.45) is 5.73 Å². The Morgan fingerprint density at radius 3 is 2.20 bits per heavy atom. The summed E-state index contributed by atoms with van der Waals surface area (Å²) in [5.41, 5.74) is 7.86. The van der Waals surface area contributed by atoms with Crippen LogP contribution in [0.15, 0.2) is 30.3 Å². The number of hydrogen-bond donors (Lipinski definition) is 2. The van der Waals surface area contributed by atoms with Crippen LogP contribution in [0.2, 0.25) is 10.0 Å². The molecule has 0 aliphatic rings. The molecule has 0 saturated heterocycles. The van der Waals surface area contributed by atoms with Crippen LogP contribution in [0.1, 0.15) is 16.7 Å². The van der Waals surface area contributed by atoms with Crippen LogP contribution in [0.5, 0.6) is 11.5 Å². The number of aryl methyl sites for hydroxylation is 2. The molecule has 0 fully saturated rings. The minimum absolute atomic E-state index is 0.0910. The molecule has 104 valence electrons. The number of nitrogen functional groups attached to an aromatic ring is 1. The largest absolute Gasteiger partial charge is 0.456 e. The second-order valence-electron chi connectivity index (χ2n) is 4.52. The molecule has 0 aromatic heterocycles. The minimum atomic E-state index is -0.0910. The molecule has 0 atom stereocenters. The third-order valence-electron chi connectivity index (χ3n) is 2.87. The SMILES string of the molecule is Cc1cc(Cl)cc(C)c1Oc1ccc(Cl)cc1C(=N)N. The van der Waals surface area contributed by atoms with Gasteiger partial charge in [-0.05, 0) is 55.3 Å². The van der Waals surface area contributed by atoms with Gasteiger partial charge >= 0.3 is 0 Å². The summed E-state index contributed by atoms with van der Waals surface area (Å²) in [5, 5.41) is 8.77. The van der Waals surface area contributed by atoms with Crippen LogP contribution >= 0.6 is 23.2 Å². The summed E-state index contributed by atoms with van der Waals surface area (Å²) in [6, 6.07) is 8.66. The van der Waals surface area contributed by atoms with Gasteiger partial charge in [-0.2, -0.15) is 0 Å². The summed E-state index contributed by atoms with van der Waals surface area (Å²) in [6.45, 7) is 3.83. The molecule has 0 spiro atoms. The highest BCUT2D eigenvalue weighted by Crippen LogP contribution is 2.33. The Balaban J connectivity index is 2.48. The number of halogens is 2. The number of nitrogens with one attached hydrogen (secondary N) is 1. The molecular formula is C15H14Cl2N2O. The average Bonchev–Trinajstić information content (AvgIpc) is 2.34. The van der Waals surface area contributed by atoms with Gasteiger partial charge in [0.05, 0.1) is 5.56 Å². The van der Waals surface area contributed by atoms with Gasteiger partial charge in [-0.1, -0.05) is 23.2 Å². The molecule has 20 heavy (non-hydrogen) atoms. The van der Waals surface area contributed by atoms with E-state index in [0.29, 0.717) is 27.1 Å². The van der Waals surface area contributed by atoms with Crippen molar-refractivity contribution in [3.8, 4) is 11.5 Å². The Morgan fingerprint density at radius 1 is 1.05 bits per heavy atom. The Kier molecular flexibility index (Phi) is 4.21. The summed E-state index contributed by atoms with van der Waals surface area (Å²) in [6.07, 6.45) is 0. The predicted octanol–water partition coefficient (Wildman–Crippen LogP) is 4.69. The van der Waals surface area contributed by atoms with E-state index < -0.39 is 0 Å². The third kappa shape index (κ3) is 3.06. The van der Waals surface area contributed by atoms with E-state index in [2.05, 4.69) is 0 Å². The zero-order chi connectivity index (χ0) is 14.9. The van der Waals surface area contributed by atoms with Gasteiger partial charge in [0.1, 0.15) is 17.3 Å². The summed E-state index contributed by atoms with van der Waals surface area (Å²) in [7, 11) is 0. The Labute approximate surface area is 127 Å². The zero-order valence-electron chi connectivity index (χ0n) is 11.1. The zero-order valence-corrected chi connectivity index (χ0v) is 12.6. The minimum Gasteiger partial charge on any atom is -0.456 e. The maximum absolute atomic E-state index is 7.60. The molecule has 2 rings (SSSR count). The predicted molar refractivity (Wildman–Crippen MR) is 83.5 cm³/mol. The fraction of sp³-hybridized carbons (Fsp3) is 0.133. The van der Waals surface area contributed by atoms with Crippen molar-refractivity contribution in [2.75, 3.05) is 0 Å². The lowest BCUT2D eigenvalue weighted by Crippen LogP contribution is -2.12. The van der Waals surface area contributed by atoms with E-state index in [-0.39, 0.29) is 5.84 Å². The van der Waals surface area contributed by atoms with E-state index >= 15 is 0 Å². The van der Waals surface area contributed by atoms with Crippen LogP contribution < -0.4 is 10.5 Å². The van der Waals surface area contributed by atoms with Crippen molar-refractivity contribution in [1.29, 1.82) is 5.41 Å². The van der Waals surface area contributed by atoms with E-state index in [1.54, 1.807) is 18.2 Å². The van der Waals surface area contributed by atoms with Gasteiger partial charge in [0, 0.05) is 10.0 Å². The summed E-state index contributed by atoms with van der Waals surface area (Å²) >= 11 is 11.9. The maximum atomic E-state index is 7.60. The number of hydrogen-bond acceptors (Lipinski definition) is 2. The normalized spacial score (nSPS) is 10.4. The molecule has 0 saturated carbocycles. The fourth-order valence-electron chi connectivity index (χ4n) is 1.97. The monoisotopic (exact) mass is 308 g/mol. The quantitative estimate of drug-likeness (QED) is 0.638. The van der Waals surface area contributed by atoms with Crippen LogP contribution in [0.4, 0.5) is 0 Å². The lowest BCUT2D eigenvalue weighted by Gasteiger charge is -2.15. The molecule has 0 aliphatic heterocycles. The van der Waals surface area contributed by atoms with Gasteiger partial charge in [0.2, 0.25) is 0 Å². The lowest BCUT2D eigenvalue weighted by atomic mass is 10.1. The number of ether oxygens (including phenoxy) is 1. The standard InChI is InChI=1S/C15H14Cl2N2O/c1-8-5-11(17)6-9(2)14(8)20-13-4-3-10(16)7-12(13)15(18)19/h3-7H,1-2H3,(H3,18,19). The molecule has 3 N–H and O–H groups in total. The van der Waals surface area contributed by atoms with Crippen molar-refractivity contribution in [3.63, 3.8) is 0 Å². The molecule has 2 aromatic rings. The van der Waals surface area contributed by atoms with Crippen LogP contribution in [0.3, 0.4) is 0 Å². The van der Waals surface area contributed by atoms with Crippen LogP contribution in [0, 0.1) is 19.3 Å². The molecule has 0 aliphatic carbocycles. The lowest BCUT2D eigenvalue weighted by molar-refractivity contribution is 0.474. The number of rotatable bonds is 3. The molecular weight excluding hydrogens is 295 g/mol. The number of benzene rings is 2. The van der Waals surface area contributed by atoms with Crippen molar-refractivity contribution < 1.29 is 4.74 Å². The second kappa shape index (κ2) is 5.73. The van der Waals surface area contributed by atoms with E-state index in [9.17, 15) is 0 Å². The Bertz CT molecular complexity index is 661. The van der Waals surface area contributed by atoms with E-state index in [1.807, 2.05) is 26.0 Å². The first-order chi connectivity index (χ1) is 9.38. The highest BCUT2D eigenvalue weighted by Gasteiger charge is 2.12. The molecule has 0 bridgehead atoms. The van der Waals surface area contributed by atoms with Crippen molar-refractivity contribution in [1.82, 2.24) is 0 Å². The first-order valence-electron chi connectivity index (χ1n) is 5.97. The molecule has 2 aromatic carbocycles. The summed E-state index contributed by atoms with van der Waals surface area (Å²) in [5.74, 6) is 1.11. The van der Waals surface area contributed by atoms with Crippen LogP contribution in [-0.4, -0.2) is 5.84 Å². The second-order valence-corrected chi connectivity index (χ2v) is 5.40. The van der Waals surface area contributed by atoms with E-state index in [0.717, 1.165) is 11.1 Å². The van der Waals surface area contributed by atoms with Gasteiger partial charge in [0.15, 0.2) is 0 Å². The number of amidine groups is 1. The van der Waals surface area contributed by atoms with Gasteiger partial charge in [-0.15, -0.1) is 0 Å². The van der Waals surface area contributed by atoms with E-state index in [4.69, 9.17) is 39.1 Å². The van der Waals surface area contributed by atoms with Gasteiger partial charge in [0.25, 0.3) is 0 Å². The molecule has 3 nitrogen and oxygen atoms in total. The van der Waals surface area contributed by atoms with Crippen molar-refractivity contribution >= 4 is 29.0 Å².